The highest BCUT2D eigenvalue weighted by Crippen LogP contribution is 2.57. The lowest BCUT2D eigenvalue weighted by atomic mass is 9.93. The second kappa shape index (κ2) is 15.9. The van der Waals surface area contributed by atoms with Crippen LogP contribution in [0.2, 0.25) is 5.15 Å². The summed E-state index contributed by atoms with van der Waals surface area (Å²) in [5.41, 5.74) is 2.21. The van der Waals surface area contributed by atoms with Crippen LogP contribution < -0.4 is 18.9 Å². The fraction of sp³-hybridized carbons (Fsp3) is 0.275. The Labute approximate surface area is 305 Å². The predicted molar refractivity (Wildman–Crippen MR) is 192 cm³/mol. The molecular formula is C40H38ClFN2O8. The van der Waals surface area contributed by atoms with Crippen LogP contribution in [0.4, 0.5) is 4.39 Å². The highest BCUT2D eigenvalue weighted by Gasteiger charge is 2.65. The van der Waals surface area contributed by atoms with E-state index in [1.165, 1.54) is 31.4 Å². The first-order chi connectivity index (χ1) is 25.2. The van der Waals surface area contributed by atoms with Gasteiger partial charge in [-0.25, -0.2) is 14.4 Å². The Kier molecular flexibility index (Phi) is 11.1. The lowest BCUT2D eigenvalue weighted by molar-refractivity contribution is -0.198. The number of para-hydroxylation sites is 1. The summed E-state index contributed by atoms with van der Waals surface area (Å²) in [6, 6.07) is 26.2. The average molecular weight is 729 g/mol. The Morgan fingerprint density at radius 2 is 1.56 bits per heavy atom. The Balaban J connectivity index is 1.21. The first kappa shape index (κ1) is 36.4. The Morgan fingerprint density at radius 1 is 0.827 bits per heavy atom. The number of benzene rings is 4. The minimum atomic E-state index is -1.22. The zero-order valence-corrected chi connectivity index (χ0v) is 29.9. The third-order valence-electron chi connectivity index (χ3n) is 9.24. The summed E-state index contributed by atoms with van der Waals surface area (Å²) in [4.78, 5) is 38.0. The van der Waals surface area contributed by atoms with Crippen molar-refractivity contribution in [2.24, 2.45) is 11.3 Å². The largest absolute Gasteiger partial charge is 0.497 e. The van der Waals surface area contributed by atoms with Crippen molar-refractivity contribution in [1.29, 1.82) is 0 Å². The van der Waals surface area contributed by atoms with E-state index in [0.717, 1.165) is 16.5 Å². The molecule has 0 saturated heterocycles. The van der Waals surface area contributed by atoms with Gasteiger partial charge >= 0.3 is 5.97 Å². The van der Waals surface area contributed by atoms with Crippen LogP contribution in [0.1, 0.15) is 28.7 Å². The highest BCUT2D eigenvalue weighted by molar-refractivity contribution is 6.29. The van der Waals surface area contributed by atoms with E-state index in [0.29, 0.717) is 39.0 Å². The summed E-state index contributed by atoms with van der Waals surface area (Å²) in [5.74, 6) is -0.579. The van der Waals surface area contributed by atoms with Gasteiger partial charge in [-0.05, 0) is 72.5 Å². The monoisotopic (exact) mass is 728 g/mol. The van der Waals surface area contributed by atoms with Crippen LogP contribution in [-0.4, -0.2) is 50.4 Å². The third-order valence-corrected chi connectivity index (χ3v) is 9.43. The second-order valence-corrected chi connectivity index (χ2v) is 12.8. The molecule has 1 heterocycles. The lowest BCUT2D eigenvalue weighted by Gasteiger charge is -2.25. The van der Waals surface area contributed by atoms with Crippen molar-refractivity contribution in [2.75, 3.05) is 28.4 Å². The van der Waals surface area contributed by atoms with Crippen LogP contribution in [0.25, 0.3) is 10.9 Å². The molecule has 5 aromatic rings. The zero-order valence-electron chi connectivity index (χ0n) is 29.2. The number of halogens is 2. The fourth-order valence-corrected chi connectivity index (χ4v) is 6.54. The van der Waals surface area contributed by atoms with E-state index < -0.39 is 29.0 Å². The molecule has 1 saturated carbocycles. The van der Waals surface area contributed by atoms with Gasteiger partial charge < -0.3 is 23.7 Å². The van der Waals surface area contributed by atoms with Gasteiger partial charge in [0.1, 0.15) is 35.6 Å². The normalized spacial score (nSPS) is 16.2. The van der Waals surface area contributed by atoms with Crippen molar-refractivity contribution in [3.8, 4) is 23.0 Å². The first-order valence-corrected chi connectivity index (χ1v) is 16.9. The quantitative estimate of drug-likeness (QED) is 0.0615. The molecule has 0 spiro atoms. The van der Waals surface area contributed by atoms with Crippen molar-refractivity contribution < 1.29 is 42.5 Å². The predicted octanol–water partition coefficient (Wildman–Crippen LogP) is 7.51. The molecule has 270 valence electrons. The number of methoxy groups -OCH3 is 4. The third kappa shape index (κ3) is 7.90. The van der Waals surface area contributed by atoms with Gasteiger partial charge in [0.05, 0.1) is 51.8 Å². The number of pyridine rings is 1. The maximum Gasteiger partial charge on any atom is 0.312 e. The summed E-state index contributed by atoms with van der Waals surface area (Å²) < 4.78 is 42.7. The minimum absolute atomic E-state index is 0.0224. The van der Waals surface area contributed by atoms with Crippen molar-refractivity contribution in [3.05, 3.63) is 124 Å². The van der Waals surface area contributed by atoms with E-state index in [-0.39, 0.29) is 38.3 Å². The average Bonchev–Trinajstić information content (AvgIpc) is 3.90. The molecule has 1 aliphatic rings. The maximum absolute atomic E-state index is 15.5. The molecule has 1 aromatic heterocycles. The van der Waals surface area contributed by atoms with Gasteiger partial charge in [0.2, 0.25) is 0 Å². The molecule has 0 bridgehead atoms. The number of carbonyl (C=O) groups excluding carboxylic acids is 2. The summed E-state index contributed by atoms with van der Waals surface area (Å²) in [6.45, 7) is 0.155. The summed E-state index contributed by atoms with van der Waals surface area (Å²) in [6.07, 6.45) is 0.256. The topological polar surface area (TPSA) is 106 Å². The van der Waals surface area contributed by atoms with Crippen molar-refractivity contribution in [2.45, 2.75) is 32.6 Å². The van der Waals surface area contributed by atoms with E-state index in [1.54, 1.807) is 56.7 Å². The van der Waals surface area contributed by atoms with Gasteiger partial charge in [-0.2, -0.15) is 0 Å². The minimum Gasteiger partial charge on any atom is -0.497 e. The van der Waals surface area contributed by atoms with Crippen LogP contribution in [0.15, 0.2) is 91.0 Å². The van der Waals surface area contributed by atoms with E-state index >= 15 is 4.39 Å². The van der Waals surface area contributed by atoms with E-state index in [9.17, 15) is 9.59 Å². The molecule has 0 N–H and O–H groups in total. The zero-order chi connectivity index (χ0) is 36.8. The number of hydroxylamine groups is 2. The number of hydrogen-bond donors (Lipinski definition) is 0. The first-order valence-electron chi connectivity index (χ1n) is 16.5. The lowest BCUT2D eigenvalue weighted by Crippen LogP contribution is -2.36. The van der Waals surface area contributed by atoms with Gasteiger partial charge in [0, 0.05) is 22.6 Å². The molecule has 10 nitrogen and oxygen atoms in total. The number of carbonyl (C=O) groups is 2. The standard InChI is InChI=1S/C40H38ClFN2O8/c1-47-29-13-9-25(10-14-29)23-52-44(22-27-12-15-30(48-2)19-36(27)49-3)38(45)32-21-40(32,39(46)50-4)20-26-11-16-35(33(42)17-26)51-24-28-18-37(41)43-34-8-6-5-7-31(28)34/h5-19,32H,20-24H2,1-4H3. The molecule has 2 unspecified atom stereocenters. The number of ether oxygens (including phenoxy) is 5. The SMILES string of the molecule is COC(=O)C1(Cc2ccc(OCc3cc(Cl)nc4ccccc34)c(F)c2)CC1C(=O)N(Cc1ccc(OC)cc1OC)OCc1ccc(OC)cc1. The summed E-state index contributed by atoms with van der Waals surface area (Å²) in [7, 11) is 5.93. The molecule has 6 rings (SSSR count). The van der Waals surface area contributed by atoms with Gasteiger partial charge in [-0.1, -0.05) is 48.0 Å². The van der Waals surface area contributed by atoms with Gasteiger partial charge in [0.25, 0.3) is 5.91 Å². The van der Waals surface area contributed by atoms with Crippen molar-refractivity contribution >= 4 is 34.4 Å². The molecule has 1 amide bonds. The fourth-order valence-electron chi connectivity index (χ4n) is 6.32. The van der Waals surface area contributed by atoms with Gasteiger partial charge in [0.15, 0.2) is 11.6 Å². The summed E-state index contributed by atoms with van der Waals surface area (Å²) >= 11 is 6.21. The highest BCUT2D eigenvalue weighted by atomic mass is 35.5. The number of amides is 1. The number of fused-ring (bicyclic) bond motifs is 1. The molecular weight excluding hydrogens is 691 g/mol. The van der Waals surface area contributed by atoms with Crippen LogP contribution in [-0.2, 0) is 45.3 Å². The number of esters is 1. The molecule has 0 radical (unpaired) electrons. The van der Waals surface area contributed by atoms with Crippen LogP contribution in [0.3, 0.4) is 0 Å². The number of nitrogens with zero attached hydrogens (tertiary/aromatic N) is 2. The number of rotatable bonds is 15. The number of hydrogen-bond acceptors (Lipinski definition) is 9. The Morgan fingerprint density at radius 3 is 2.27 bits per heavy atom. The summed E-state index contributed by atoms with van der Waals surface area (Å²) in [5, 5.41) is 2.40. The molecule has 2 atom stereocenters. The molecule has 4 aromatic carbocycles. The molecule has 1 fully saturated rings. The van der Waals surface area contributed by atoms with Gasteiger partial charge in [-0.15, -0.1) is 0 Å². The van der Waals surface area contributed by atoms with E-state index in [2.05, 4.69) is 4.98 Å². The van der Waals surface area contributed by atoms with E-state index in [1.807, 2.05) is 36.4 Å². The second-order valence-electron chi connectivity index (χ2n) is 12.4. The Bertz CT molecular complexity index is 2080. The molecule has 1 aliphatic carbocycles. The van der Waals surface area contributed by atoms with Crippen LogP contribution in [0.5, 0.6) is 23.0 Å². The maximum atomic E-state index is 15.5. The Hall–Kier alpha value is -5.39. The van der Waals surface area contributed by atoms with Crippen molar-refractivity contribution in [3.63, 3.8) is 0 Å². The molecule has 0 aliphatic heterocycles. The number of aromatic nitrogens is 1. The van der Waals surface area contributed by atoms with E-state index in [4.69, 9.17) is 40.1 Å². The molecule has 12 heteroatoms. The van der Waals surface area contributed by atoms with Gasteiger partial charge in [-0.3, -0.25) is 14.4 Å². The van der Waals surface area contributed by atoms with Crippen molar-refractivity contribution in [1.82, 2.24) is 10.0 Å². The molecule has 52 heavy (non-hydrogen) atoms. The smallest absolute Gasteiger partial charge is 0.312 e. The van der Waals surface area contributed by atoms with Crippen LogP contribution >= 0.6 is 11.6 Å². The van der Waals surface area contributed by atoms with Crippen LogP contribution in [0, 0.1) is 17.2 Å².